The lowest BCUT2D eigenvalue weighted by Crippen LogP contribution is -1.98. The lowest BCUT2D eigenvalue weighted by atomic mass is 9.97. The summed E-state index contributed by atoms with van der Waals surface area (Å²) in [6.07, 6.45) is 0. The van der Waals surface area contributed by atoms with Crippen LogP contribution in [0.15, 0.2) is 17.7 Å². The first-order chi connectivity index (χ1) is 7.61. The van der Waals surface area contributed by atoms with Gasteiger partial charge in [-0.1, -0.05) is 12.5 Å². The van der Waals surface area contributed by atoms with Gasteiger partial charge in [0.25, 0.3) is 0 Å². The van der Waals surface area contributed by atoms with Crippen molar-refractivity contribution in [2.45, 2.75) is 26.7 Å². The Morgan fingerprint density at radius 2 is 1.56 bits per heavy atom. The van der Waals surface area contributed by atoms with Crippen molar-refractivity contribution in [3.8, 4) is 11.5 Å². The summed E-state index contributed by atoms with van der Waals surface area (Å²) in [6, 6.07) is 3.96. The molecule has 2 heteroatoms. The van der Waals surface area contributed by atoms with Crippen molar-refractivity contribution in [1.29, 1.82) is 0 Å². The number of benzene rings is 1. The monoisotopic (exact) mass is 218 g/mol. The molecular weight excluding hydrogens is 200 g/mol. The summed E-state index contributed by atoms with van der Waals surface area (Å²) >= 11 is 0. The quantitative estimate of drug-likeness (QED) is 0.755. The molecule has 1 atom stereocenters. The van der Waals surface area contributed by atoms with Gasteiger partial charge in [-0.25, -0.2) is 0 Å². The molecule has 1 aromatic rings. The smallest absolute Gasteiger partial charge is 0.126 e. The first-order valence-electron chi connectivity index (χ1n) is 5.54. The van der Waals surface area contributed by atoms with E-state index in [2.05, 4.69) is 20.8 Å². The average molecular weight is 218 g/mol. The Balaban J connectivity index is 2.72. The molecule has 0 radical (unpaired) electrons. The summed E-state index contributed by atoms with van der Waals surface area (Å²) < 4.78 is 10.9. The van der Waals surface area contributed by atoms with Crippen molar-refractivity contribution in [1.82, 2.24) is 0 Å². The summed E-state index contributed by atoms with van der Waals surface area (Å²) in [4.78, 5) is 0. The topological polar surface area (TPSA) is 18.5 Å². The molecule has 0 fully saturated rings. The van der Waals surface area contributed by atoms with Crippen LogP contribution in [0.3, 0.4) is 0 Å². The van der Waals surface area contributed by atoms with Crippen LogP contribution in [0.1, 0.15) is 37.8 Å². The molecule has 1 aliphatic rings. The molecule has 2 rings (SSSR count). The van der Waals surface area contributed by atoms with Gasteiger partial charge in [0.2, 0.25) is 0 Å². The largest absolute Gasteiger partial charge is 0.496 e. The molecule has 0 N–H and O–H groups in total. The molecule has 1 unspecified atom stereocenters. The van der Waals surface area contributed by atoms with Crippen LogP contribution in [-0.4, -0.2) is 14.2 Å². The van der Waals surface area contributed by atoms with Crippen molar-refractivity contribution in [3.63, 3.8) is 0 Å². The summed E-state index contributed by atoms with van der Waals surface area (Å²) in [5.74, 6) is 2.32. The Morgan fingerprint density at radius 3 is 2.12 bits per heavy atom. The molecule has 0 heterocycles. The van der Waals surface area contributed by atoms with Gasteiger partial charge in [0.05, 0.1) is 14.2 Å². The lowest BCUT2D eigenvalue weighted by Gasteiger charge is -2.15. The van der Waals surface area contributed by atoms with Gasteiger partial charge in [0, 0.05) is 17.0 Å². The van der Waals surface area contributed by atoms with Gasteiger partial charge in [0.1, 0.15) is 11.5 Å². The van der Waals surface area contributed by atoms with E-state index in [1.165, 1.54) is 22.3 Å². The van der Waals surface area contributed by atoms with E-state index in [0.29, 0.717) is 5.92 Å². The minimum atomic E-state index is 0.417. The van der Waals surface area contributed by atoms with Crippen molar-refractivity contribution in [2.75, 3.05) is 14.2 Å². The van der Waals surface area contributed by atoms with Crippen LogP contribution >= 0.6 is 0 Å². The third-order valence-corrected chi connectivity index (χ3v) is 3.66. The maximum absolute atomic E-state index is 5.44. The number of fused-ring (bicyclic) bond motifs is 1. The zero-order valence-corrected chi connectivity index (χ0v) is 10.5. The second-order valence-corrected chi connectivity index (χ2v) is 4.29. The fourth-order valence-electron chi connectivity index (χ4n) is 2.48. The zero-order valence-electron chi connectivity index (χ0n) is 10.5. The highest BCUT2D eigenvalue weighted by Gasteiger charge is 2.29. The third-order valence-electron chi connectivity index (χ3n) is 3.66. The maximum Gasteiger partial charge on any atom is 0.126 e. The highest BCUT2D eigenvalue weighted by Crippen LogP contribution is 2.49. The number of hydrogen-bond acceptors (Lipinski definition) is 2. The normalized spacial score (nSPS) is 18.7. The van der Waals surface area contributed by atoms with E-state index < -0.39 is 0 Å². The third kappa shape index (κ3) is 1.33. The second kappa shape index (κ2) is 3.85. The summed E-state index contributed by atoms with van der Waals surface area (Å²) in [6.45, 7) is 6.55. The number of hydrogen-bond donors (Lipinski definition) is 0. The van der Waals surface area contributed by atoms with E-state index in [1.54, 1.807) is 14.2 Å². The van der Waals surface area contributed by atoms with Gasteiger partial charge in [-0.15, -0.1) is 0 Å². The van der Waals surface area contributed by atoms with Crippen LogP contribution in [-0.2, 0) is 0 Å². The van der Waals surface area contributed by atoms with Crippen molar-refractivity contribution >= 4 is 5.57 Å². The van der Waals surface area contributed by atoms with Crippen molar-refractivity contribution in [2.24, 2.45) is 0 Å². The van der Waals surface area contributed by atoms with Crippen LogP contribution in [0.4, 0.5) is 0 Å². The predicted octanol–water partition coefficient (Wildman–Crippen LogP) is 3.61. The molecule has 0 aliphatic heterocycles. The predicted molar refractivity (Wildman–Crippen MR) is 66.2 cm³/mol. The lowest BCUT2D eigenvalue weighted by molar-refractivity contribution is 0.397. The average Bonchev–Trinajstić information content (AvgIpc) is 2.54. The van der Waals surface area contributed by atoms with Gasteiger partial charge in [-0.3, -0.25) is 0 Å². The maximum atomic E-state index is 5.44. The Labute approximate surface area is 96.9 Å². The van der Waals surface area contributed by atoms with Crippen molar-refractivity contribution < 1.29 is 9.47 Å². The molecule has 0 aromatic heterocycles. The standard InChI is InChI=1S/C14H18O2/c1-8-9(2)13-11(15-4)6-7-12(16-5)14(13)10(8)3/h6-7,9H,1-5H3. The molecule has 1 aliphatic carbocycles. The van der Waals surface area contributed by atoms with E-state index in [4.69, 9.17) is 9.47 Å². The Hall–Kier alpha value is -1.44. The first kappa shape index (κ1) is 11.1. The summed E-state index contributed by atoms with van der Waals surface area (Å²) in [5, 5.41) is 0. The van der Waals surface area contributed by atoms with E-state index in [9.17, 15) is 0 Å². The Morgan fingerprint density at radius 1 is 1.00 bits per heavy atom. The minimum Gasteiger partial charge on any atom is -0.496 e. The number of rotatable bonds is 2. The highest BCUT2D eigenvalue weighted by molar-refractivity contribution is 5.82. The van der Waals surface area contributed by atoms with Crippen LogP contribution in [0.5, 0.6) is 11.5 Å². The molecule has 86 valence electrons. The van der Waals surface area contributed by atoms with Gasteiger partial charge in [-0.05, 0) is 31.6 Å². The molecule has 0 bridgehead atoms. The van der Waals surface area contributed by atoms with Crippen LogP contribution < -0.4 is 9.47 Å². The van der Waals surface area contributed by atoms with Gasteiger partial charge in [-0.2, -0.15) is 0 Å². The molecular formula is C14H18O2. The Bertz CT molecular complexity index is 458. The number of ether oxygens (including phenoxy) is 2. The second-order valence-electron chi connectivity index (χ2n) is 4.29. The molecule has 0 spiro atoms. The fourth-order valence-corrected chi connectivity index (χ4v) is 2.48. The fraction of sp³-hybridized carbons (Fsp3) is 0.429. The van der Waals surface area contributed by atoms with E-state index >= 15 is 0 Å². The number of methoxy groups -OCH3 is 2. The van der Waals surface area contributed by atoms with E-state index in [1.807, 2.05) is 12.1 Å². The molecule has 0 saturated heterocycles. The van der Waals surface area contributed by atoms with E-state index in [0.717, 1.165) is 11.5 Å². The minimum absolute atomic E-state index is 0.417. The number of allylic oxidation sites excluding steroid dienone is 2. The molecule has 16 heavy (non-hydrogen) atoms. The molecule has 0 amide bonds. The van der Waals surface area contributed by atoms with Gasteiger partial charge >= 0.3 is 0 Å². The zero-order chi connectivity index (χ0) is 11.9. The van der Waals surface area contributed by atoms with Crippen LogP contribution in [0.25, 0.3) is 5.57 Å². The molecule has 0 saturated carbocycles. The highest BCUT2D eigenvalue weighted by atomic mass is 16.5. The van der Waals surface area contributed by atoms with Crippen LogP contribution in [0.2, 0.25) is 0 Å². The van der Waals surface area contributed by atoms with Crippen molar-refractivity contribution in [3.05, 3.63) is 28.8 Å². The SMILES string of the molecule is COc1ccc(OC)c2c1C(C)=C(C)C2C. The molecule has 2 nitrogen and oxygen atoms in total. The molecule has 1 aromatic carbocycles. The van der Waals surface area contributed by atoms with E-state index in [-0.39, 0.29) is 0 Å². The van der Waals surface area contributed by atoms with Gasteiger partial charge < -0.3 is 9.47 Å². The first-order valence-corrected chi connectivity index (χ1v) is 5.54. The van der Waals surface area contributed by atoms with Gasteiger partial charge in [0.15, 0.2) is 0 Å². The summed E-state index contributed by atoms with van der Waals surface area (Å²) in [5.41, 5.74) is 5.19. The Kier molecular flexibility index (Phi) is 2.66. The summed E-state index contributed by atoms with van der Waals surface area (Å²) in [7, 11) is 3.44. The van der Waals surface area contributed by atoms with Crippen LogP contribution in [0, 0.1) is 0 Å².